The molecule has 5 heteroatoms. The van der Waals surface area contributed by atoms with E-state index >= 15 is 0 Å². The van der Waals surface area contributed by atoms with Crippen molar-refractivity contribution in [2.75, 3.05) is 6.54 Å². The monoisotopic (exact) mass is 290 g/mol. The van der Waals surface area contributed by atoms with Gasteiger partial charge in [-0.25, -0.2) is 4.79 Å². The Hall–Kier alpha value is -1.88. The summed E-state index contributed by atoms with van der Waals surface area (Å²) >= 11 is 0. The first-order valence-electron chi connectivity index (χ1n) is 7.32. The van der Waals surface area contributed by atoms with Crippen LogP contribution in [-0.2, 0) is 9.59 Å². The molecule has 0 radical (unpaired) electrons. The number of carboxylic acids is 1. The molecule has 0 aliphatic carbocycles. The van der Waals surface area contributed by atoms with Gasteiger partial charge in [-0.2, -0.15) is 0 Å². The fourth-order valence-corrected chi connectivity index (χ4v) is 2.87. The van der Waals surface area contributed by atoms with Crippen LogP contribution in [0.25, 0.3) is 0 Å². The molecule has 2 N–H and O–H groups in total. The van der Waals surface area contributed by atoms with E-state index in [1.807, 2.05) is 6.07 Å². The van der Waals surface area contributed by atoms with Crippen LogP contribution in [0.5, 0.6) is 0 Å². The summed E-state index contributed by atoms with van der Waals surface area (Å²) < 4.78 is 0. The van der Waals surface area contributed by atoms with Gasteiger partial charge < -0.3 is 10.4 Å². The first-order valence-corrected chi connectivity index (χ1v) is 7.32. The van der Waals surface area contributed by atoms with Crippen molar-refractivity contribution in [3.8, 4) is 0 Å². The van der Waals surface area contributed by atoms with Crippen LogP contribution in [0.1, 0.15) is 38.3 Å². The molecular weight excluding hydrogens is 268 g/mol. The lowest BCUT2D eigenvalue weighted by Gasteiger charge is -2.26. The zero-order valence-electron chi connectivity index (χ0n) is 12.5. The van der Waals surface area contributed by atoms with E-state index in [4.69, 9.17) is 0 Å². The highest BCUT2D eigenvalue weighted by molar-refractivity contribution is 5.85. The highest BCUT2D eigenvalue weighted by Crippen LogP contribution is 2.23. The van der Waals surface area contributed by atoms with Crippen molar-refractivity contribution in [1.82, 2.24) is 10.2 Å². The predicted octanol–water partition coefficient (Wildman–Crippen LogP) is 1.80. The van der Waals surface area contributed by atoms with Crippen molar-refractivity contribution in [2.24, 2.45) is 0 Å². The molecule has 1 amide bonds. The lowest BCUT2D eigenvalue weighted by molar-refractivity contribution is -0.142. The van der Waals surface area contributed by atoms with Gasteiger partial charge in [0.2, 0.25) is 5.91 Å². The molecule has 114 valence electrons. The number of hydrogen-bond donors (Lipinski definition) is 2. The van der Waals surface area contributed by atoms with Gasteiger partial charge >= 0.3 is 5.97 Å². The Morgan fingerprint density at radius 3 is 2.33 bits per heavy atom. The van der Waals surface area contributed by atoms with Crippen LogP contribution >= 0.6 is 0 Å². The van der Waals surface area contributed by atoms with Crippen LogP contribution in [0.4, 0.5) is 0 Å². The Labute approximate surface area is 125 Å². The number of nitrogens with zero attached hydrogens (tertiary/aromatic N) is 1. The molecule has 1 aromatic carbocycles. The Kier molecular flexibility index (Phi) is 4.96. The quantitative estimate of drug-likeness (QED) is 0.867. The van der Waals surface area contributed by atoms with Crippen molar-refractivity contribution in [3.05, 3.63) is 35.9 Å². The number of benzene rings is 1. The second-order valence-electron chi connectivity index (χ2n) is 5.70. The summed E-state index contributed by atoms with van der Waals surface area (Å²) in [6, 6.07) is 8.51. The average molecular weight is 290 g/mol. The van der Waals surface area contributed by atoms with Crippen molar-refractivity contribution in [3.63, 3.8) is 0 Å². The third kappa shape index (κ3) is 3.82. The summed E-state index contributed by atoms with van der Waals surface area (Å²) in [7, 11) is 0. The number of amides is 1. The summed E-state index contributed by atoms with van der Waals surface area (Å²) in [6.45, 7) is 4.45. The number of carboxylic acid groups (broad SMARTS) is 1. The molecule has 2 unspecified atom stereocenters. The molecule has 1 aliphatic heterocycles. The van der Waals surface area contributed by atoms with Crippen LogP contribution in [0.15, 0.2) is 30.3 Å². The molecule has 0 bridgehead atoms. The standard InChI is InChI=1S/C16H22N2O3/c1-11-8-9-12(2)18(11)10-14(19)17-15(16(20)21)13-6-4-3-5-7-13/h3-7,11-12,15H,8-10H2,1-2H3,(H,17,19)(H,20,21)/t11?,12?,15-/m0/s1. The molecule has 1 heterocycles. The van der Waals surface area contributed by atoms with Gasteiger partial charge in [-0.3, -0.25) is 9.69 Å². The molecule has 0 aromatic heterocycles. The van der Waals surface area contributed by atoms with Crippen molar-refractivity contribution in [1.29, 1.82) is 0 Å². The van der Waals surface area contributed by atoms with Crippen LogP contribution in [0, 0.1) is 0 Å². The van der Waals surface area contributed by atoms with Gasteiger partial charge in [0.1, 0.15) is 0 Å². The second-order valence-corrected chi connectivity index (χ2v) is 5.70. The van der Waals surface area contributed by atoms with Crippen molar-refractivity contribution in [2.45, 2.75) is 44.8 Å². The van der Waals surface area contributed by atoms with E-state index in [1.165, 1.54) is 0 Å². The summed E-state index contributed by atoms with van der Waals surface area (Å²) in [5.74, 6) is -1.29. The SMILES string of the molecule is CC1CCC(C)N1CC(=O)N[C@H](C(=O)O)c1ccccc1. The molecule has 1 aliphatic rings. The molecule has 21 heavy (non-hydrogen) atoms. The highest BCUT2D eigenvalue weighted by Gasteiger charge is 2.30. The third-order valence-corrected chi connectivity index (χ3v) is 4.15. The number of aliphatic carboxylic acids is 1. The molecule has 1 aromatic rings. The molecule has 1 saturated heterocycles. The van der Waals surface area contributed by atoms with Crippen molar-refractivity contribution < 1.29 is 14.7 Å². The Bertz CT molecular complexity index is 494. The van der Waals surface area contributed by atoms with Gasteiger partial charge in [-0.1, -0.05) is 30.3 Å². The number of nitrogens with one attached hydrogen (secondary N) is 1. The van der Waals surface area contributed by atoms with E-state index in [9.17, 15) is 14.7 Å². The van der Waals surface area contributed by atoms with Crippen molar-refractivity contribution >= 4 is 11.9 Å². The number of likely N-dealkylation sites (tertiary alicyclic amines) is 1. The van der Waals surface area contributed by atoms with E-state index in [2.05, 4.69) is 24.1 Å². The van der Waals surface area contributed by atoms with E-state index in [1.54, 1.807) is 24.3 Å². The molecule has 2 rings (SSSR count). The van der Waals surface area contributed by atoms with Gasteiger partial charge in [0.25, 0.3) is 0 Å². The smallest absolute Gasteiger partial charge is 0.330 e. The van der Waals surface area contributed by atoms with Crippen LogP contribution < -0.4 is 5.32 Å². The number of hydrogen-bond acceptors (Lipinski definition) is 3. The average Bonchev–Trinajstić information content (AvgIpc) is 2.77. The third-order valence-electron chi connectivity index (χ3n) is 4.15. The number of carbonyl (C=O) groups excluding carboxylic acids is 1. The van der Waals surface area contributed by atoms with Gasteiger partial charge in [-0.05, 0) is 32.3 Å². The lowest BCUT2D eigenvalue weighted by Crippen LogP contribution is -2.44. The maximum Gasteiger partial charge on any atom is 0.330 e. The van der Waals surface area contributed by atoms with Crippen LogP contribution in [-0.4, -0.2) is 40.5 Å². The first-order chi connectivity index (χ1) is 9.99. The Morgan fingerprint density at radius 1 is 1.24 bits per heavy atom. The fraction of sp³-hybridized carbons (Fsp3) is 0.500. The molecule has 1 fully saturated rings. The molecule has 3 atom stereocenters. The van der Waals surface area contributed by atoms with E-state index in [0.29, 0.717) is 17.6 Å². The van der Waals surface area contributed by atoms with E-state index < -0.39 is 12.0 Å². The zero-order chi connectivity index (χ0) is 15.4. The first kappa shape index (κ1) is 15.5. The largest absolute Gasteiger partial charge is 0.479 e. The highest BCUT2D eigenvalue weighted by atomic mass is 16.4. The minimum absolute atomic E-state index is 0.244. The summed E-state index contributed by atoms with van der Waals surface area (Å²) in [6.07, 6.45) is 2.16. The number of rotatable bonds is 5. The normalized spacial score (nSPS) is 23.7. The lowest BCUT2D eigenvalue weighted by atomic mass is 10.1. The molecular formula is C16H22N2O3. The van der Waals surface area contributed by atoms with Gasteiger partial charge in [0.15, 0.2) is 6.04 Å². The second kappa shape index (κ2) is 6.72. The fourth-order valence-electron chi connectivity index (χ4n) is 2.87. The molecule has 5 nitrogen and oxygen atoms in total. The summed E-state index contributed by atoms with van der Waals surface area (Å²) in [5.41, 5.74) is 0.584. The topological polar surface area (TPSA) is 69.6 Å². The van der Waals surface area contributed by atoms with Crippen LogP contribution in [0.2, 0.25) is 0 Å². The zero-order valence-corrected chi connectivity index (χ0v) is 12.5. The molecule has 0 saturated carbocycles. The van der Waals surface area contributed by atoms with Crippen LogP contribution in [0.3, 0.4) is 0 Å². The summed E-state index contributed by atoms with van der Waals surface area (Å²) in [5, 5.41) is 11.9. The maximum absolute atomic E-state index is 12.2. The summed E-state index contributed by atoms with van der Waals surface area (Å²) in [4.78, 5) is 25.7. The van der Waals surface area contributed by atoms with E-state index in [0.717, 1.165) is 12.8 Å². The number of carbonyl (C=O) groups is 2. The van der Waals surface area contributed by atoms with Gasteiger partial charge in [0, 0.05) is 12.1 Å². The Morgan fingerprint density at radius 2 is 1.81 bits per heavy atom. The minimum atomic E-state index is -1.04. The van der Waals surface area contributed by atoms with Gasteiger partial charge in [0.05, 0.1) is 6.54 Å². The Balaban J connectivity index is 2.01. The van der Waals surface area contributed by atoms with Gasteiger partial charge in [-0.15, -0.1) is 0 Å². The minimum Gasteiger partial charge on any atom is -0.479 e. The maximum atomic E-state index is 12.2. The van der Waals surface area contributed by atoms with E-state index in [-0.39, 0.29) is 12.5 Å². The predicted molar refractivity (Wildman–Crippen MR) is 79.8 cm³/mol. The molecule has 0 spiro atoms.